The first-order valence-electron chi connectivity index (χ1n) is 5.90. The Balaban J connectivity index is 1.80. The number of rotatable bonds is 3. The van der Waals surface area contributed by atoms with Gasteiger partial charge < -0.3 is 16.0 Å². The number of nitrogens with zero attached hydrogens (tertiary/aromatic N) is 3. The first-order chi connectivity index (χ1) is 8.66. The predicted molar refractivity (Wildman–Crippen MR) is 63.6 cm³/mol. The fourth-order valence-corrected chi connectivity index (χ4v) is 1.87. The molecule has 98 valence electrons. The maximum Gasteiger partial charge on any atom is 0.289 e. The van der Waals surface area contributed by atoms with Gasteiger partial charge in [0.2, 0.25) is 17.7 Å². The van der Waals surface area contributed by atoms with E-state index in [0.717, 1.165) is 32.4 Å². The molecule has 1 aromatic rings. The van der Waals surface area contributed by atoms with Crippen molar-refractivity contribution in [2.24, 2.45) is 0 Å². The normalized spacial score (nSPS) is 15.4. The molecule has 2 heterocycles. The van der Waals surface area contributed by atoms with Crippen LogP contribution in [-0.4, -0.2) is 51.5 Å². The van der Waals surface area contributed by atoms with E-state index in [1.54, 1.807) is 4.90 Å². The van der Waals surface area contributed by atoms with Crippen LogP contribution < -0.4 is 11.1 Å². The molecule has 8 heteroatoms. The van der Waals surface area contributed by atoms with Gasteiger partial charge >= 0.3 is 0 Å². The zero-order valence-corrected chi connectivity index (χ0v) is 9.98. The molecule has 18 heavy (non-hydrogen) atoms. The summed E-state index contributed by atoms with van der Waals surface area (Å²) in [7, 11) is 0. The summed E-state index contributed by atoms with van der Waals surface area (Å²) in [4.78, 5) is 28.8. The molecule has 0 saturated carbocycles. The highest BCUT2D eigenvalue weighted by molar-refractivity contribution is 5.93. The van der Waals surface area contributed by atoms with E-state index in [2.05, 4.69) is 20.5 Å². The van der Waals surface area contributed by atoms with Gasteiger partial charge in [0.05, 0.1) is 6.54 Å². The maximum absolute atomic E-state index is 11.8. The van der Waals surface area contributed by atoms with Gasteiger partial charge in [-0.25, -0.2) is 0 Å². The zero-order chi connectivity index (χ0) is 13.0. The number of H-pyrrole nitrogens is 1. The number of aromatic nitrogens is 3. The van der Waals surface area contributed by atoms with Crippen LogP contribution in [0.5, 0.6) is 0 Å². The molecule has 0 aliphatic carbocycles. The van der Waals surface area contributed by atoms with Crippen molar-refractivity contribution in [3.63, 3.8) is 0 Å². The fourth-order valence-electron chi connectivity index (χ4n) is 1.87. The number of hydrogen-bond acceptors (Lipinski definition) is 5. The first-order valence-corrected chi connectivity index (χ1v) is 5.90. The van der Waals surface area contributed by atoms with Crippen molar-refractivity contribution >= 4 is 17.8 Å². The van der Waals surface area contributed by atoms with Gasteiger partial charge in [-0.05, 0) is 19.3 Å². The number of carbonyl (C=O) groups is 2. The standard InChI is InChI=1S/C10H16N6O2/c11-10-13-8(14-15-10)9(18)12-6-7(17)16-4-2-1-3-5-16/h1-6H2,(H,12,18)(H3,11,13,14,15). The third-order valence-corrected chi connectivity index (χ3v) is 2.83. The molecule has 8 nitrogen and oxygen atoms in total. The van der Waals surface area contributed by atoms with Crippen molar-refractivity contribution in [1.29, 1.82) is 0 Å². The number of nitrogens with one attached hydrogen (secondary N) is 2. The second-order valence-corrected chi connectivity index (χ2v) is 4.17. The van der Waals surface area contributed by atoms with Gasteiger partial charge in [0.15, 0.2) is 0 Å². The van der Waals surface area contributed by atoms with Gasteiger partial charge in [-0.2, -0.15) is 4.98 Å². The highest BCUT2D eigenvalue weighted by Crippen LogP contribution is 2.08. The Bertz CT molecular complexity index is 437. The summed E-state index contributed by atoms with van der Waals surface area (Å²) in [5.41, 5.74) is 5.28. The molecular formula is C10H16N6O2. The molecule has 2 rings (SSSR count). The van der Waals surface area contributed by atoms with Crippen LogP contribution in [0.25, 0.3) is 0 Å². The lowest BCUT2D eigenvalue weighted by molar-refractivity contribution is -0.130. The zero-order valence-electron chi connectivity index (χ0n) is 9.98. The van der Waals surface area contributed by atoms with E-state index in [1.165, 1.54) is 0 Å². The Morgan fingerprint density at radius 2 is 2.06 bits per heavy atom. The van der Waals surface area contributed by atoms with E-state index in [9.17, 15) is 9.59 Å². The van der Waals surface area contributed by atoms with Gasteiger partial charge in [-0.3, -0.25) is 14.7 Å². The molecule has 0 unspecified atom stereocenters. The number of likely N-dealkylation sites (tertiary alicyclic amines) is 1. The number of carbonyl (C=O) groups excluding carboxylic acids is 2. The van der Waals surface area contributed by atoms with Gasteiger partial charge in [0.1, 0.15) is 0 Å². The average Bonchev–Trinajstić information content (AvgIpc) is 2.83. The number of amides is 2. The number of piperidine rings is 1. The number of nitrogens with two attached hydrogens (primary N) is 1. The molecule has 0 radical (unpaired) electrons. The van der Waals surface area contributed by atoms with Crippen LogP contribution in [0.3, 0.4) is 0 Å². The third-order valence-electron chi connectivity index (χ3n) is 2.83. The Morgan fingerprint density at radius 3 is 2.67 bits per heavy atom. The quantitative estimate of drug-likeness (QED) is 0.646. The van der Waals surface area contributed by atoms with Crippen molar-refractivity contribution in [2.45, 2.75) is 19.3 Å². The molecule has 1 aliphatic heterocycles. The largest absolute Gasteiger partial charge is 0.366 e. The lowest BCUT2D eigenvalue weighted by Gasteiger charge is -2.26. The lowest BCUT2D eigenvalue weighted by atomic mass is 10.1. The molecule has 1 saturated heterocycles. The molecule has 0 aromatic carbocycles. The van der Waals surface area contributed by atoms with E-state index < -0.39 is 5.91 Å². The summed E-state index contributed by atoms with van der Waals surface area (Å²) < 4.78 is 0. The minimum atomic E-state index is -0.482. The second kappa shape index (κ2) is 5.48. The first kappa shape index (κ1) is 12.3. The molecule has 1 aromatic heterocycles. The summed E-state index contributed by atoms with van der Waals surface area (Å²) >= 11 is 0. The van der Waals surface area contributed by atoms with Gasteiger partial charge in [-0.1, -0.05) is 0 Å². The molecule has 1 aliphatic rings. The van der Waals surface area contributed by atoms with Crippen molar-refractivity contribution in [1.82, 2.24) is 25.4 Å². The van der Waals surface area contributed by atoms with Crippen LogP contribution in [0.1, 0.15) is 29.9 Å². The van der Waals surface area contributed by atoms with Crippen molar-refractivity contribution in [2.75, 3.05) is 25.4 Å². The van der Waals surface area contributed by atoms with Crippen LogP contribution in [0, 0.1) is 0 Å². The highest BCUT2D eigenvalue weighted by atomic mass is 16.2. The van der Waals surface area contributed by atoms with E-state index in [-0.39, 0.29) is 24.2 Å². The van der Waals surface area contributed by atoms with Crippen LogP contribution >= 0.6 is 0 Å². The number of nitrogen functional groups attached to an aromatic ring is 1. The smallest absolute Gasteiger partial charge is 0.289 e. The van der Waals surface area contributed by atoms with Crippen LogP contribution in [0.4, 0.5) is 5.95 Å². The molecule has 2 amide bonds. The number of anilines is 1. The Kier molecular flexibility index (Phi) is 3.75. The van der Waals surface area contributed by atoms with Crippen molar-refractivity contribution in [3.05, 3.63) is 5.82 Å². The van der Waals surface area contributed by atoms with Crippen molar-refractivity contribution in [3.8, 4) is 0 Å². The van der Waals surface area contributed by atoms with Gasteiger partial charge in [0, 0.05) is 13.1 Å². The molecular weight excluding hydrogens is 236 g/mol. The van der Waals surface area contributed by atoms with Crippen LogP contribution in [-0.2, 0) is 4.79 Å². The summed E-state index contributed by atoms with van der Waals surface area (Å²) in [6, 6.07) is 0. The maximum atomic E-state index is 11.8. The summed E-state index contributed by atoms with van der Waals surface area (Å²) in [5, 5.41) is 8.42. The van der Waals surface area contributed by atoms with Crippen LogP contribution in [0.15, 0.2) is 0 Å². The number of aromatic amines is 1. The molecule has 0 spiro atoms. The van der Waals surface area contributed by atoms with Crippen molar-refractivity contribution < 1.29 is 9.59 Å². The van der Waals surface area contributed by atoms with E-state index in [1.807, 2.05) is 0 Å². The summed E-state index contributed by atoms with van der Waals surface area (Å²) in [5.74, 6) is -0.540. The molecule has 4 N–H and O–H groups in total. The summed E-state index contributed by atoms with van der Waals surface area (Å²) in [6.45, 7) is 1.51. The predicted octanol–water partition coefficient (Wildman–Crippen LogP) is -0.871. The monoisotopic (exact) mass is 252 g/mol. The third kappa shape index (κ3) is 2.96. The Labute approximate surface area is 104 Å². The molecule has 0 bridgehead atoms. The lowest BCUT2D eigenvalue weighted by Crippen LogP contribution is -2.42. The topological polar surface area (TPSA) is 117 Å². The van der Waals surface area contributed by atoms with E-state index >= 15 is 0 Å². The Hall–Kier alpha value is -2.12. The average molecular weight is 252 g/mol. The fraction of sp³-hybridized carbons (Fsp3) is 0.600. The summed E-state index contributed by atoms with van der Waals surface area (Å²) in [6.07, 6.45) is 3.21. The highest BCUT2D eigenvalue weighted by Gasteiger charge is 2.18. The van der Waals surface area contributed by atoms with Gasteiger partial charge in [-0.15, -0.1) is 5.10 Å². The van der Waals surface area contributed by atoms with E-state index in [4.69, 9.17) is 5.73 Å². The molecule has 1 fully saturated rings. The SMILES string of the molecule is Nc1n[nH]c(C(=O)NCC(=O)N2CCCCC2)n1. The minimum absolute atomic E-state index is 0.00232. The Morgan fingerprint density at radius 1 is 1.33 bits per heavy atom. The minimum Gasteiger partial charge on any atom is -0.366 e. The molecule has 0 atom stereocenters. The number of hydrogen-bond donors (Lipinski definition) is 3. The van der Waals surface area contributed by atoms with Crippen LogP contribution in [0.2, 0.25) is 0 Å². The second-order valence-electron chi connectivity index (χ2n) is 4.17. The van der Waals surface area contributed by atoms with E-state index in [0.29, 0.717) is 0 Å². The van der Waals surface area contributed by atoms with Gasteiger partial charge in [0.25, 0.3) is 5.91 Å².